The fourth-order valence-corrected chi connectivity index (χ4v) is 2.54. The first-order valence-electron chi connectivity index (χ1n) is 7.76. The van der Waals surface area contributed by atoms with Crippen LogP contribution in [0.4, 0.5) is 4.79 Å². The molecule has 7 heteroatoms. The monoisotopic (exact) mass is 310 g/mol. The molecule has 2 atom stereocenters. The summed E-state index contributed by atoms with van der Waals surface area (Å²) in [5.74, 6) is 0.837. The van der Waals surface area contributed by atoms with Gasteiger partial charge in [-0.05, 0) is 39.0 Å². The van der Waals surface area contributed by atoms with Gasteiger partial charge in [-0.3, -0.25) is 5.10 Å². The maximum atomic E-state index is 12.1. The van der Waals surface area contributed by atoms with Crippen LogP contribution in [0, 0.1) is 11.8 Å². The van der Waals surface area contributed by atoms with Crippen molar-refractivity contribution in [1.29, 1.82) is 0 Å². The number of nitrogens with zero attached hydrogens (tertiary/aromatic N) is 3. The van der Waals surface area contributed by atoms with Crippen LogP contribution in [-0.2, 0) is 16.1 Å². The molecule has 1 fully saturated rings. The van der Waals surface area contributed by atoms with Crippen LogP contribution in [0.2, 0.25) is 0 Å². The number of nitrogens with one attached hydrogen (secondary N) is 1. The van der Waals surface area contributed by atoms with Crippen LogP contribution in [0.3, 0.4) is 0 Å². The number of piperidine rings is 1. The molecule has 7 nitrogen and oxygen atoms in total. The minimum absolute atomic E-state index is 0.221. The largest absolute Gasteiger partial charge is 0.444 e. The van der Waals surface area contributed by atoms with E-state index in [0.717, 1.165) is 18.7 Å². The van der Waals surface area contributed by atoms with E-state index in [0.29, 0.717) is 31.6 Å². The molecule has 0 saturated carbocycles. The van der Waals surface area contributed by atoms with Gasteiger partial charge in [-0.1, -0.05) is 12.1 Å². The summed E-state index contributed by atoms with van der Waals surface area (Å²) in [6.45, 7) is 10.4. The van der Waals surface area contributed by atoms with E-state index >= 15 is 0 Å². The summed E-state index contributed by atoms with van der Waals surface area (Å²) in [5.41, 5.74) is 0.358. The molecule has 1 aromatic rings. The highest BCUT2D eigenvalue weighted by molar-refractivity contribution is 5.68. The summed E-state index contributed by atoms with van der Waals surface area (Å²) in [4.78, 5) is 13.9. The summed E-state index contributed by atoms with van der Waals surface area (Å²) in [7, 11) is 0. The van der Waals surface area contributed by atoms with Crippen LogP contribution in [0.25, 0.3) is 0 Å². The molecule has 22 heavy (non-hydrogen) atoms. The lowest BCUT2D eigenvalue weighted by Gasteiger charge is -2.37. The lowest BCUT2D eigenvalue weighted by Crippen LogP contribution is -2.46. The van der Waals surface area contributed by atoms with Crippen molar-refractivity contribution < 1.29 is 14.3 Å². The first-order chi connectivity index (χ1) is 10.3. The molecule has 0 spiro atoms. The molecule has 1 aliphatic rings. The Morgan fingerprint density at radius 3 is 2.86 bits per heavy atom. The third-order valence-electron chi connectivity index (χ3n) is 3.78. The fraction of sp³-hybridized carbons (Fsp3) is 0.800. The van der Waals surface area contributed by atoms with Gasteiger partial charge < -0.3 is 14.4 Å². The fourth-order valence-electron chi connectivity index (χ4n) is 2.54. The van der Waals surface area contributed by atoms with Gasteiger partial charge in [0.1, 0.15) is 11.3 Å². The van der Waals surface area contributed by atoms with Gasteiger partial charge in [-0.25, -0.2) is 4.79 Å². The molecular weight excluding hydrogens is 284 g/mol. The summed E-state index contributed by atoms with van der Waals surface area (Å²) >= 11 is 0. The molecule has 2 heterocycles. The second-order valence-electron chi connectivity index (χ2n) is 6.93. The zero-order valence-corrected chi connectivity index (χ0v) is 13.8. The van der Waals surface area contributed by atoms with E-state index in [1.165, 1.54) is 0 Å². The molecule has 1 amide bonds. The molecule has 2 unspecified atom stereocenters. The predicted octanol–water partition coefficient (Wildman–Crippen LogP) is 2.21. The Kier molecular flexibility index (Phi) is 5.39. The minimum Gasteiger partial charge on any atom is -0.444 e. The second kappa shape index (κ2) is 7.09. The van der Waals surface area contributed by atoms with Crippen molar-refractivity contribution in [1.82, 2.24) is 20.3 Å². The zero-order valence-electron chi connectivity index (χ0n) is 13.8. The van der Waals surface area contributed by atoms with E-state index in [1.54, 1.807) is 11.1 Å². The number of aromatic nitrogens is 3. The molecule has 2 rings (SSSR count). The first-order valence-corrected chi connectivity index (χ1v) is 7.76. The van der Waals surface area contributed by atoms with Crippen LogP contribution in [0.1, 0.15) is 39.8 Å². The van der Waals surface area contributed by atoms with Crippen LogP contribution >= 0.6 is 0 Å². The number of amides is 1. The summed E-state index contributed by atoms with van der Waals surface area (Å²) < 4.78 is 11.1. The smallest absolute Gasteiger partial charge is 0.410 e. The van der Waals surface area contributed by atoms with Gasteiger partial charge >= 0.3 is 6.09 Å². The van der Waals surface area contributed by atoms with Crippen molar-refractivity contribution in [2.45, 2.75) is 46.3 Å². The van der Waals surface area contributed by atoms with Gasteiger partial charge in [0, 0.05) is 19.3 Å². The van der Waals surface area contributed by atoms with Crippen molar-refractivity contribution >= 4 is 6.09 Å². The Balaban J connectivity index is 1.74. The number of likely N-dealkylation sites (tertiary alicyclic amines) is 1. The molecule has 0 radical (unpaired) electrons. The SMILES string of the molecule is CC1CN(C(=O)OC(C)(C)C)CCC1COCc1c[nH]nn1. The lowest BCUT2D eigenvalue weighted by molar-refractivity contribution is -0.00254. The van der Waals surface area contributed by atoms with Gasteiger partial charge in [0.25, 0.3) is 0 Å². The van der Waals surface area contributed by atoms with Crippen molar-refractivity contribution in [2.75, 3.05) is 19.7 Å². The molecule has 0 bridgehead atoms. The Morgan fingerprint density at radius 2 is 2.27 bits per heavy atom. The van der Waals surface area contributed by atoms with Crippen molar-refractivity contribution in [3.05, 3.63) is 11.9 Å². The highest BCUT2D eigenvalue weighted by Crippen LogP contribution is 2.25. The Morgan fingerprint density at radius 1 is 1.50 bits per heavy atom. The Hall–Kier alpha value is -1.63. The summed E-state index contributed by atoms with van der Waals surface area (Å²) in [6, 6.07) is 0. The van der Waals surface area contributed by atoms with Crippen LogP contribution in [0.5, 0.6) is 0 Å². The zero-order chi connectivity index (χ0) is 16.2. The molecule has 1 aliphatic heterocycles. The third kappa shape index (κ3) is 4.98. The first kappa shape index (κ1) is 16.7. The van der Waals surface area contributed by atoms with E-state index in [4.69, 9.17) is 9.47 Å². The quantitative estimate of drug-likeness (QED) is 0.922. The molecule has 1 aromatic heterocycles. The average molecular weight is 310 g/mol. The second-order valence-corrected chi connectivity index (χ2v) is 6.93. The van der Waals surface area contributed by atoms with Crippen LogP contribution < -0.4 is 0 Å². The maximum absolute atomic E-state index is 12.1. The summed E-state index contributed by atoms with van der Waals surface area (Å²) in [5, 5.41) is 10.2. The van der Waals surface area contributed by atoms with Crippen molar-refractivity contribution in [3.63, 3.8) is 0 Å². The number of hydrogen-bond donors (Lipinski definition) is 1. The van der Waals surface area contributed by atoms with Gasteiger partial charge in [0.15, 0.2) is 0 Å². The van der Waals surface area contributed by atoms with Crippen molar-refractivity contribution in [3.8, 4) is 0 Å². The normalized spacial score (nSPS) is 22.6. The Bertz CT molecular complexity index is 470. The minimum atomic E-state index is -0.447. The van der Waals surface area contributed by atoms with E-state index < -0.39 is 5.60 Å². The molecule has 0 aliphatic carbocycles. The van der Waals surface area contributed by atoms with Crippen molar-refractivity contribution in [2.24, 2.45) is 11.8 Å². The molecule has 0 aromatic carbocycles. The van der Waals surface area contributed by atoms with E-state index in [-0.39, 0.29) is 6.09 Å². The van der Waals surface area contributed by atoms with E-state index in [2.05, 4.69) is 22.3 Å². The van der Waals surface area contributed by atoms with Gasteiger partial charge in [-0.2, -0.15) is 0 Å². The molecule has 1 N–H and O–H groups in total. The van der Waals surface area contributed by atoms with E-state index in [9.17, 15) is 4.79 Å². The predicted molar refractivity (Wildman–Crippen MR) is 81.1 cm³/mol. The standard InChI is InChI=1S/C15H26N4O3/c1-11-8-19(14(20)22-15(2,3)4)6-5-12(11)9-21-10-13-7-16-18-17-13/h7,11-12H,5-6,8-10H2,1-4H3,(H,16,17,18). The number of aromatic amines is 1. The summed E-state index contributed by atoms with van der Waals surface area (Å²) in [6.07, 6.45) is 2.44. The highest BCUT2D eigenvalue weighted by Gasteiger charge is 2.31. The third-order valence-corrected chi connectivity index (χ3v) is 3.78. The van der Waals surface area contributed by atoms with Gasteiger partial charge in [-0.15, -0.1) is 5.10 Å². The average Bonchev–Trinajstić information content (AvgIpc) is 2.91. The molecule has 124 valence electrons. The number of rotatable bonds is 4. The number of ether oxygens (including phenoxy) is 2. The Labute approximate surface area is 131 Å². The number of H-pyrrole nitrogens is 1. The van der Waals surface area contributed by atoms with Gasteiger partial charge in [0.05, 0.1) is 13.2 Å². The highest BCUT2D eigenvalue weighted by atomic mass is 16.6. The number of carbonyl (C=O) groups is 1. The topological polar surface area (TPSA) is 80.3 Å². The maximum Gasteiger partial charge on any atom is 0.410 e. The van der Waals surface area contributed by atoms with Gasteiger partial charge in [0.2, 0.25) is 0 Å². The lowest BCUT2D eigenvalue weighted by atomic mass is 9.88. The molecule has 1 saturated heterocycles. The molecular formula is C15H26N4O3. The van der Waals surface area contributed by atoms with E-state index in [1.807, 2.05) is 20.8 Å². The number of hydrogen-bond acceptors (Lipinski definition) is 5. The number of carbonyl (C=O) groups excluding carboxylic acids is 1. The van der Waals surface area contributed by atoms with Crippen LogP contribution in [0.15, 0.2) is 6.20 Å². The van der Waals surface area contributed by atoms with Crippen LogP contribution in [-0.4, -0.2) is 51.7 Å².